The largest absolute Gasteiger partial charge is 0.462 e. The summed E-state index contributed by atoms with van der Waals surface area (Å²) in [5, 5.41) is 6.69. The minimum Gasteiger partial charge on any atom is -0.462 e. The van der Waals surface area contributed by atoms with Gasteiger partial charge in [0, 0.05) is 7.05 Å². The van der Waals surface area contributed by atoms with Gasteiger partial charge in [0.2, 0.25) is 5.91 Å². The monoisotopic (exact) mass is 287 g/mol. The number of aromatic nitrogens is 2. The van der Waals surface area contributed by atoms with Gasteiger partial charge in [0.15, 0.2) is 0 Å². The number of carbonyl (C=O) groups is 2. The van der Waals surface area contributed by atoms with Gasteiger partial charge in [-0.1, -0.05) is 30.3 Å². The van der Waals surface area contributed by atoms with Crippen LogP contribution < -0.4 is 5.32 Å². The summed E-state index contributed by atoms with van der Waals surface area (Å²) in [4.78, 5) is 23.9. The lowest BCUT2D eigenvalue weighted by atomic mass is 10.1. The fourth-order valence-electron chi connectivity index (χ4n) is 1.90. The van der Waals surface area contributed by atoms with Crippen LogP contribution in [0.4, 0.5) is 5.82 Å². The van der Waals surface area contributed by atoms with Crippen LogP contribution in [-0.4, -0.2) is 28.3 Å². The molecule has 0 aliphatic rings. The number of nitrogens with zero attached hydrogens (tertiary/aromatic N) is 2. The third-order valence-electron chi connectivity index (χ3n) is 2.90. The normalized spacial score (nSPS) is 10.2. The van der Waals surface area contributed by atoms with Gasteiger partial charge >= 0.3 is 5.97 Å². The molecule has 0 radical (unpaired) electrons. The lowest BCUT2D eigenvalue weighted by Gasteiger charge is -2.08. The molecule has 2 aromatic rings. The molecule has 0 fully saturated rings. The average molecular weight is 287 g/mol. The van der Waals surface area contributed by atoms with Crippen LogP contribution >= 0.6 is 0 Å². The number of anilines is 1. The highest BCUT2D eigenvalue weighted by Crippen LogP contribution is 2.16. The SMILES string of the molecule is CCOC(=O)c1cnn(C)c1NC(=O)Cc1ccccc1. The number of hydrogen-bond donors (Lipinski definition) is 1. The predicted octanol–water partition coefficient (Wildman–Crippen LogP) is 1.78. The smallest absolute Gasteiger partial charge is 0.343 e. The first-order chi connectivity index (χ1) is 10.1. The molecule has 0 spiro atoms. The number of ether oxygens (including phenoxy) is 1. The topological polar surface area (TPSA) is 73.2 Å². The molecule has 0 atom stereocenters. The number of aryl methyl sites for hydroxylation is 1. The van der Waals surface area contributed by atoms with Gasteiger partial charge in [-0.05, 0) is 12.5 Å². The van der Waals surface area contributed by atoms with Crippen molar-refractivity contribution in [2.24, 2.45) is 7.05 Å². The van der Waals surface area contributed by atoms with Gasteiger partial charge in [-0.2, -0.15) is 5.10 Å². The zero-order chi connectivity index (χ0) is 15.2. The van der Waals surface area contributed by atoms with Gasteiger partial charge < -0.3 is 10.1 Å². The Morgan fingerprint density at radius 2 is 2.00 bits per heavy atom. The van der Waals surface area contributed by atoms with Crippen LogP contribution in [0.3, 0.4) is 0 Å². The molecule has 2 rings (SSSR count). The zero-order valence-electron chi connectivity index (χ0n) is 12.0. The van der Waals surface area contributed by atoms with Crippen molar-refractivity contribution in [3.8, 4) is 0 Å². The molecule has 1 aromatic carbocycles. The number of esters is 1. The summed E-state index contributed by atoms with van der Waals surface area (Å²) >= 11 is 0. The van der Waals surface area contributed by atoms with E-state index in [1.165, 1.54) is 10.9 Å². The molecular weight excluding hydrogens is 270 g/mol. The summed E-state index contributed by atoms with van der Waals surface area (Å²) in [6, 6.07) is 9.37. The van der Waals surface area contributed by atoms with Crippen LogP contribution in [0.5, 0.6) is 0 Å². The van der Waals surface area contributed by atoms with Crippen molar-refractivity contribution in [3.63, 3.8) is 0 Å². The van der Waals surface area contributed by atoms with Gasteiger partial charge in [0.25, 0.3) is 0 Å². The number of hydrogen-bond acceptors (Lipinski definition) is 4. The van der Waals surface area contributed by atoms with Gasteiger partial charge in [0.05, 0.1) is 19.2 Å². The lowest BCUT2D eigenvalue weighted by molar-refractivity contribution is -0.115. The Kier molecular flexibility index (Phi) is 4.71. The lowest BCUT2D eigenvalue weighted by Crippen LogP contribution is -2.19. The van der Waals surface area contributed by atoms with E-state index in [0.29, 0.717) is 5.82 Å². The van der Waals surface area contributed by atoms with E-state index in [1.54, 1.807) is 14.0 Å². The zero-order valence-corrected chi connectivity index (χ0v) is 12.0. The summed E-state index contributed by atoms with van der Waals surface area (Å²) in [7, 11) is 1.65. The van der Waals surface area contributed by atoms with Crippen molar-refractivity contribution in [2.75, 3.05) is 11.9 Å². The van der Waals surface area contributed by atoms with E-state index in [9.17, 15) is 9.59 Å². The van der Waals surface area contributed by atoms with E-state index in [-0.39, 0.29) is 24.5 Å². The second-order valence-corrected chi connectivity index (χ2v) is 4.46. The molecular formula is C15H17N3O3. The van der Waals surface area contributed by atoms with Crippen molar-refractivity contribution in [1.29, 1.82) is 0 Å². The summed E-state index contributed by atoms with van der Waals surface area (Å²) < 4.78 is 6.38. The van der Waals surface area contributed by atoms with E-state index in [0.717, 1.165) is 5.56 Å². The minimum absolute atomic E-state index is 0.213. The summed E-state index contributed by atoms with van der Waals surface area (Å²) in [6.45, 7) is 1.99. The third-order valence-corrected chi connectivity index (χ3v) is 2.90. The minimum atomic E-state index is -0.499. The van der Waals surface area contributed by atoms with Crippen LogP contribution in [0, 0.1) is 0 Å². The fourth-order valence-corrected chi connectivity index (χ4v) is 1.90. The molecule has 21 heavy (non-hydrogen) atoms. The first kappa shape index (κ1) is 14.8. The summed E-state index contributed by atoms with van der Waals surface area (Å²) in [5.74, 6) is -0.370. The Labute approximate surface area is 122 Å². The Morgan fingerprint density at radius 1 is 1.29 bits per heavy atom. The Bertz CT molecular complexity index is 635. The Hall–Kier alpha value is -2.63. The molecule has 6 nitrogen and oxygen atoms in total. The average Bonchev–Trinajstić information content (AvgIpc) is 2.81. The summed E-state index contributed by atoms with van der Waals surface area (Å²) in [6.07, 6.45) is 1.62. The molecule has 0 aliphatic heterocycles. The second kappa shape index (κ2) is 6.69. The Morgan fingerprint density at radius 3 is 2.67 bits per heavy atom. The van der Waals surface area contributed by atoms with Crippen molar-refractivity contribution in [2.45, 2.75) is 13.3 Å². The molecule has 1 heterocycles. The Balaban J connectivity index is 2.10. The van der Waals surface area contributed by atoms with Crippen LogP contribution in [0.2, 0.25) is 0 Å². The van der Waals surface area contributed by atoms with Crippen molar-refractivity contribution >= 4 is 17.7 Å². The van der Waals surface area contributed by atoms with E-state index >= 15 is 0 Å². The van der Waals surface area contributed by atoms with Crippen LogP contribution in [-0.2, 0) is 23.0 Å². The van der Waals surface area contributed by atoms with Gasteiger partial charge in [-0.25, -0.2) is 4.79 Å². The number of carbonyl (C=O) groups excluding carboxylic acids is 2. The maximum Gasteiger partial charge on any atom is 0.343 e. The highest BCUT2D eigenvalue weighted by Gasteiger charge is 2.19. The third kappa shape index (κ3) is 3.68. The van der Waals surface area contributed by atoms with E-state index < -0.39 is 5.97 Å². The number of amides is 1. The number of rotatable bonds is 5. The van der Waals surface area contributed by atoms with Gasteiger partial charge in [-0.15, -0.1) is 0 Å². The predicted molar refractivity (Wildman–Crippen MR) is 77.9 cm³/mol. The first-order valence-corrected chi connectivity index (χ1v) is 6.64. The fraction of sp³-hybridized carbons (Fsp3) is 0.267. The van der Waals surface area contributed by atoms with Crippen molar-refractivity contribution < 1.29 is 14.3 Å². The molecule has 0 saturated carbocycles. The van der Waals surface area contributed by atoms with Crippen LogP contribution in [0.1, 0.15) is 22.8 Å². The van der Waals surface area contributed by atoms with Gasteiger partial charge in [-0.3, -0.25) is 9.48 Å². The van der Waals surface area contributed by atoms with E-state index in [4.69, 9.17) is 4.74 Å². The molecule has 1 N–H and O–H groups in total. The van der Waals surface area contributed by atoms with Gasteiger partial charge in [0.1, 0.15) is 11.4 Å². The molecule has 110 valence electrons. The molecule has 6 heteroatoms. The van der Waals surface area contributed by atoms with Crippen molar-refractivity contribution in [1.82, 2.24) is 9.78 Å². The van der Waals surface area contributed by atoms with Crippen molar-refractivity contribution in [3.05, 3.63) is 47.7 Å². The number of benzene rings is 1. The quantitative estimate of drug-likeness (QED) is 0.851. The summed E-state index contributed by atoms with van der Waals surface area (Å²) in [5.41, 5.74) is 1.15. The second-order valence-electron chi connectivity index (χ2n) is 4.46. The highest BCUT2D eigenvalue weighted by molar-refractivity contribution is 6.00. The molecule has 0 bridgehead atoms. The standard InChI is InChI=1S/C15H17N3O3/c1-3-21-15(20)12-10-16-18(2)14(12)17-13(19)9-11-7-5-4-6-8-11/h4-8,10H,3,9H2,1-2H3,(H,17,19). The van der Waals surface area contributed by atoms with Crippen LogP contribution in [0.15, 0.2) is 36.5 Å². The maximum absolute atomic E-state index is 12.1. The van der Waals surface area contributed by atoms with Crippen LogP contribution in [0.25, 0.3) is 0 Å². The molecule has 0 aliphatic carbocycles. The molecule has 0 unspecified atom stereocenters. The van der Waals surface area contributed by atoms with E-state index in [2.05, 4.69) is 10.4 Å². The van der Waals surface area contributed by atoms with E-state index in [1.807, 2.05) is 30.3 Å². The molecule has 0 saturated heterocycles. The first-order valence-electron chi connectivity index (χ1n) is 6.64. The molecule has 1 amide bonds. The number of nitrogens with one attached hydrogen (secondary N) is 1. The maximum atomic E-state index is 12.1. The molecule has 1 aromatic heterocycles. The highest BCUT2D eigenvalue weighted by atomic mass is 16.5.